The third-order valence-corrected chi connectivity index (χ3v) is 2.69. The lowest BCUT2D eigenvalue weighted by atomic mass is 10.2. The first kappa shape index (κ1) is 19.3. The summed E-state index contributed by atoms with van der Waals surface area (Å²) in [5.41, 5.74) is -4.46. The van der Waals surface area contributed by atoms with E-state index >= 15 is 0 Å². The summed E-state index contributed by atoms with van der Waals surface area (Å²) in [7, 11) is -0.0451. The van der Waals surface area contributed by atoms with E-state index in [0.717, 1.165) is 5.69 Å². The Kier molecular flexibility index (Phi) is 5.85. The Morgan fingerprint density at radius 1 is 1.10 bits per heavy atom. The predicted octanol–water partition coefficient (Wildman–Crippen LogP) is 1.84. The van der Waals surface area contributed by atoms with Crippen molar-refractivity contribution in [1.82, 2.24) is 4.48 Å². The second kappa shape index (κ2) is 6.37. The molecule has 1 aromatic carbocycles. The van der Waals surface area contributed by atoms with Crippen LogP contribution in [-0.4, -0.2) is 44.5 Å². The molecule has 0 amide bonds. The molecule has 7 nitrogen and oxygen atoms in total. The summed E-state index contributed by atoms with van der Waals surface area (Å²) in [4.78, 5) is 9.97. The van der Waals surface area contributed by atoms with Crippen molar-refractivity contribution in [3.8, 4) is 0 Å². The minimum absolute atomic E-state index is 0.136. The minimum Gasteiger partial charge on any atom is -0.741 e. The predicted molar refractivity (Wildman–Crippen MR) is 68.4 cm³/mol. The Hall–Kier alpha value is -1.72. The number of hydrogen-bond acceptors (Lipinski definition) is 5. The van der Waals surface area contributed by atoms with Gasteiger partial charge in [-0.25, -0.2) is 8.42 Å². The number of alkyl halides is 3. The van der Waals surface area contributed by atoms with Crippen LogP contribution < -0.4 is 4.48 Å². The summed E-state index contributed by atoms with van der Waals surface area (Å²) in [5, 5.41) is 10.4. The molecule has 0 saturated heterocycles. The van der Waals surface area contributed by atoms with Crippen LogP contribution >= 0.6 is 0 Å². The van der Waals surface area contributed by atoms with Crippen LogP contribution in [0.25, 0.3) is 0 Å². The lowest BCUT2D eigenvalue weighted by Gasteiger charge is -2.22. The standard InChI is InChI=1S/C9H13N2O2.CHF3O3S/c1-11(2,3)9-6-4-8(5-7-9)10(12)13;2-1(3,4)8(5,6)7/h4-7H,1-3H3;(H,5,6,7)/q+1;/p-1. The molecule has 0 saturated carbocycles. The van der Waals surface area contributed by atoms with Crippen LogP contribution in [0.2, 0.25) is 0 Å². The molecule has 0 aliphatic rings. The van der Waals surface area contributed by atoms with Crippen molar-refractivity contribution < 1.29 is 31.1 Å². The van der Waals surface area contributed by atoms with Crippen LogP contribution in [0, 0.1) is 10.1 Å². The average Bonchev–Trinajstić information content (AvgIpc) is 2.26. The highest BCUT2D eigenvalue weighted by molar-refractivity contribution is 7.86. The molecule has 21 heavy (non-hydrogen) atoms. The van der Waals surface area contributed by atoms with E-state index in [4.69, 9.17) is 13.0 Å². The van der Waals surface area contributed by atoms with Gasteiger partial charge in [0.25, 0.3) is 5.69 Å². The summed E-state index contributed by atoms with van der Waals surface area (Å²) in [6, 6.07) is 6.61. The number of nitro benzene ring substituents is 1. The quantitative estimate of drug-likeness (QED) is 0.271. The van der Waals surface area contributed by atoms with E-state index in [1.807, 2.05) is 21.1 Å². The van der Waals surface area contributed by atoms with Gasteiger partial charge in [0.2, 0.25) is 0 Å². The maximum Gasteiger partial charge on any atom is 0.485 e. The van der Waals surface area contributed by atoms with E-state index in [-0.39, 0.29) is 10.6 Å². The number of non-ortho nitro benzene ring substituents is 1. The number of nitro groups is 1. The van der Waals surface area contributed by atoms with E-state index in [1.165, 1.54) is 12.1 Å². The molecule has 0 aromatic heterocycles. The monoisotopic (exact) mass is 330 g/mol. The minimum atomic E-state index is -6.09. The highest BCUT2D eigenvalue weighted by atomic mass is 32.2. The Morgan fingerprint density at radius 2 is 1.43 bits per heavy atom. The fourth-order valence-electron chi connectivity index (χ4n) is 1.02. The SMILES string of the molecule is C[N+](C)(C)c1ccc([N+](=O)[O-])cc1.O=S(=O)([O-])C(F)(F)F. The fourth-order valence-corrected chi connectivity index (χ4v) is 1.02. The van der Waals surface area contributed by atoms with Gasteiger partial charge >= 0.3 is 5.51 Å². The second-order valence-corrected chi connectivity index (χ2v) is 6.06. The molecule has 120 valence electrons. The molecule has 11 heteroatoms. The van der Waals surface area contributed by atoms with E-state index < -0.39 is 15.6 Å². The molecule has 0 radical (unpaired) electrons. The summed E-state index contributed by atoms with van der Waals surface area (Å²) in [6.07, 6.45) is 0. The van der Waals surface area contributed by atoms with E-state index in [0.29, 0.717) is 4.48 Å². The zero-order valence-corrected chi connectivity index (χ0v) is 12.1. The molecule has 1 rings (SSSR count). The summed E-state index contributed by atoms with van der Waals surface area (Å²) < 4.78 is 59.6. The maximum atomic E-state index is 10.7. The van der Waals surface area contributed by atoms with Gasteiger partial charge in [0.05, 0.1) is 26.1 Å². The Labute approximate surface area is 119 Å². The maximum absolute atomic E-state index is 10.7. The van der Waals surface area contributed by atoms with Crippen LogP contribution in [0.3, 0.4) is 0 Å². The number of rotatable bonds is 2. The van der Waals surface area contributed by atoms with Gasteiger partial charge in [-0.3, -0.25) is 14.6 Å². The Morgan fingerprint density at radius 3 is 1.62 bits per heavy atom. The molecule has 0 bridgehead atoms. The average molecular weight is 330 g/mol. The number of halogens is 3. The van der Waals surface area contributed by atoms with Crippen LogP contribution in [-0.2, 0) is 10.1 Å². The largest absolute Gasteiger partial charge is 0.741 e. The zero-order chi connectivity index (χ0) is 17.1. The number of benzene rings is 1. The van der Waals surface area contributed by atoms with Gasteiger partial charge in [-0.2, -0.15) is 13.2 Å². The lowest BCUT2D eigenvalue weighted by molar-refractivity contribution is -0.384. The van der Waals surface area contributed by atoms with Gasteiger partial charge in [-0.1, -0.05) is 0 Å². The highest BCUT2D eigenvalue weighted by Crippen LogP contribution is 2.21. The van der Waals surface area contributed by atoms with E-state index in [1.54, 1.807) is 12.1 Å². The fraction of sp³-hybridized carbons (Fsp3) is 0.400. The van der Waals surface area contributed by atoms with E-state index in [9.17, 15) is 23.3 Å². The molecule has 0 unspecified atom stereocenters. The molecule has 0 N–H and O–H groups in total. The van der Waals surface area contributed by atoms with Crippen LogP contribution in [0.5, 0.6) is 0 Å². The third kappa shape index (κ3) is 6.51. The van der Waals surface area contributed by atoms with Crippen molar-refractivity contribution in [2.75, 3.05) is 21.1 Å². The number of quaternary nitrogens is 1. The van der Waals surface area contributed by atoms with Gasteiger partial charge in [0.15, 0.2) is 10.1 Å². The molecule has 1 aromatic rings. The van der Waals surface area contributed by atoms with Crippen molar-refractivity contribution >= 4 is 21.5 Å². The molecule has 0 aliphatic heterocycles. The van der Waals surface area contributed by atoms with Crippen molar-refractivity contribution in [2.45, 2.75) is 5.51 Å². The lowest BCUT2D eigenvalue weighted by Crippen LogP contribution is -2.34. The third-order valence-electron chi connectivity index (χ3n) is 2.12. The van der Waals surface area contributed by atoms with Crippen LogP contribution in [0.4, 0.5) is 24.5 Å². The van der Waals surface area contributed by atoms with Crippen molar-refractivity contribution in [1.29, 1.82) is 0 Å². The first-order valence-corrected chi connectivity index (χ1v) is 6.65. The van der Waals surface area contributed by atoms with Crippen molar-refractivity contribution in [3.63, 3.8) is 0 Å². The van der Waals surface area contributed by atoms with Crippen molar-refractivity contribution in [3.05, 3.63) is 34.4 Å². The summed E-state index contributed by atoms with van der Waals surface area (Å²) in [6.45, 7) is 0. The van der Waals surface area contributed by atoms with Crippen LogP contribution in [0.1, 0.15) is 0 Å². The molecular weight excluding hydrogens is 317 g/mol. The first-order valence-electron chi connectivity index (χ1n) is 5.25. The molecule has 0 fully saturated rings. The first-order chi connectivity index (χ1) is 9.16. The van der Waals surface area contributed by atoms with Gasteiger partial charge in [-0.05, 0) is 0 Å². The number of hydrogen-bond donors (Lipinski definition) is 0. The topological polar surface area (TPSA) is 100 Å². The zero-order valence-electron chi connectivity index (χ0n) is 11.3. The summed E-state index contributed by atoms with van der Waals surface area (Å²) >= 11 is 0. The highest BCUT2D eigenvalue weighted by Gasteiger charge is 2.36. The Balaban J connectivity index is 0.000000433. The molecule has 0 spiro atoms. The van der Waals surface area contributed by atoms with Crippen LogP contribution in [0.15, 0.2) is 24.3 Å². The molecule has 0 atom stereocenters. The molecular formula is C10H13F3N2O5S. The molecule has 0 aliphatic carbocycles. The normalized spacial score (nSPS) is 12.3. The smallest absolute Gasteiger partial charge is 0.485 e. The summed E-state index contributed by atoms with van der Waals surface area (Å²) in [5.74, 6) is 0. The van der Waals surface area contributed by atoms with E-state index in [2.05, 4.69) is 0 Å². The second-order valence-electron chi connectivity index (χ2n) is 4.69. The van der Waals surface area contributed by atoms with Gasteiger partial charge in [-0.15, -0.1) is 0 Å². The van der Waals surface area contributed by atoms with Gasteiger partial charge in [0.1, 0.15) is 5.69 Å². The van der Waals surface area contributed by atoms with Gasteiger partial charge < -0.3 is 4.55 Å². The Bertz CT molecular complexity index is 591. The molecule has 0 heterocycles. The number of nitrogens with zero attached hydrogens (tertiary/aromatic N) is 2. The van der Waals surface area contributed by atoms with Crippen molar-refractivity contribution in [2.24, 2.45) is 0 Å². The van der Waals surface area contributed by atoms with Gasteiger partial charge in [0, 0.05) is 24.3 Å².